The molecule has 0 aliphatic carbocycles. The molecule has 0 bridgehead atoms. The lowest BCUT2D eigenvalue weighted by atomic mass is 10.3. The normalized spacial score (nSPS) is 9.47. The molecule has 1 aromatic rings. The van der Waals surface area contributed by atoms with Crippen LogP contribution in [0.3, 0.4) is 0 Å². The molecule has 5 nitrogen and oxygen atoms in total. The molecule has 5 heteroatoms. The number of carbonyl (C=O) groups is 2. The second-order valence-corrected chi connectivity index (χ2v) is 3.52. The van der Waals surface area contributed by atoms with Crippen molar-refractivity contribution >= 4 is 17.6 Å². The predicted molar refractivity (Wildman–Crippen MR) is 66.8 cm³/mol. The van der Waals surface area contributed by atoms with E-state index in [-0.39, 0.29) is 18.5 Å². The maximum atomic E-state index is 11.4. The van der Waals surface area contributed by atoms with Crippen LogP contribution in [0.2, 0.25) is 0 Å². The summed E-state index contributed by atoms with van der Waals surface area (Å²) >= 11 is 0. The summed E-state index contributed by atoms with van der Waals surface area (Å²) < 4.78 is 0. The standard InChI is InChI=1S/C12H17N3O2/c1-2-8-13-11(16)9-14-12(17)15-10-6-4-3-5-7-10/h3-7H,2,8-9H2,1H3,(H,13,16)(H2,14,15,17). The van der Waals surface area contributed by atoms with Crippen LogP contribution in [0.25, 0.3) is 0 Å². The van der Waals surface area contributed by atoms with E-state index in [9.17, 15) is 9.59 Å². The fraction of sp³-hybridized carbons (Fsp3) is 0.333. The lowest BCUT2D eigenvalue weighted by molar-refractivity contribution is -0.120. The molecule has 0 aliphatic heterocycles. The van der Waals surface area contributed by atoms with Gasteiger partial charge in [0.05, 0.1) is 6.54 Å². The molecule has 3 N–H and O–H groups in total. The Kier molecular flexibility index (Phi) is 5.57. The number of rotatable bonds is 5. The van der Waals surface area contributed by atoms with E-state index in [4.69, 9.17) is 0 Å². The van der Waals surface area contributed by atoms with Crippen molar-refractivity contribution in [2.45, 2.75) is 13.3 Å². The summed E-state index contributed by atoms with van der Waals surface area (Å²) in [5.74, 6) is -0.185. The highest BCUT2D eigenvalue weighted by Crippen LogP contribution is 2.03. The first kappa shape index (κ1) is 13.0. The number of amides is 3. The molecule has 17 heavy (non-hydrogen) atoms. The number of hydrogen-bond acceptors (Lipinski definition) is 2. The fourth-order valence-electron chi connectivity index (χ4n) is 1.18. The van der Waals surface area contributed by atoms with E-state index in [0.717, 1.165) is 6.42 Å². The Hall–Kier alpha value is -2.04. The van der Waals surface area contributed by atoms with Gasteiger partial charge < -0.3 is 16.0 Å². The lowest BCUT2D eigenvalue weighted by Gasteiger charge is -2.07. The zero-order valence-electron chi connectivity index (χ0n) is 9.82. The molecule has 1 rings (SSSR count). The van der Waals surface area contributed by atoms with Crippen LogP contribution in [0.5, 0.6) is 0 Å². The van der Waals surface area contributed by atoms with E-state index >= 15 is 0 Å². The van der Waals surface area contributed by atoms with E-state index in [1.165, 1.54) is 0 Å². The smallest absolute Gasteiger partial charge is 0.319 e. The van der Waals surface area contributed by atoms with Crippen molar-refractivity contribution in [3.63, 3.8) is 0 Å². The van der Waals surface area contributed by atoms with E-state index in [2.05, 4.69) is 16.0 Å². The Morgan fingerprint density at radius 1 is 1.12 bits per heavy atom. The number of benzene rings is 1. The topological polar surface area (TPSA) is 70.2 Å². The Morgan fingerprint density at radius 3 is 2.47 bits per heavy atom. The molecule has 0 aliphatic rings. The van der Waals surface area contributed by atoms with Gasteiger partial charge in [0, 0.05) is 12.2 Å². The van der Waals surface area contributed by atoms with Crippen molar-refractivity contribution in [1.82, 2.24) is 10.6 Å². The van der Waals surface area contributed by atoms with Crippen molar-refractivity contribution in [2.24, 2.45) is 0 Å². The molecule has 0 fully saturated rings. The second kappa shape index (κ2) is 7.27. The summed E-state index contributed by atoms with van der Waals surface area (Å²) in [6.45, 7) is 2.58. The molecule has 0 saturated heterocycles. The van der Waals surface area contributed by atoms with Gasteiger partial charge in [0.25, 0.3) is 0 Å². The zero-order valence-corrected chi connectivity index (χ0v) is 9.82. The van der Waals surface area contributed by atoms with Crippen LogP contribution < -0.4 is 16.0 Å². The largest absolute Gasteiger partial charge is 0.355 e. The van der Waals surface area contributed by atoms with Gasteiger partial charge in [-0.05, 0) is 18.6 Å². The van der Waals surface area contributed by atoms with Gasteiger partial charge in [-0.3, -0.25) is 4.79 Å². The van der Waals surface area contributed by atoms with Gasteiger partial charge in [0.15, 0.2) is 0 Å². The Morgan fingerprint density at radius 2 is 1.82 bits per heavy atom. The Bertz CT molecular complexity index is 365. The summed E-state index contributed by atoms with van der Waals surface area (Å²) in [4.78, 5) is 22.6. The first-order chi connectivity index (χ1) is 8.22. The molecule has 0 saturated carbocycles. The predicted octanol–water partition coefficient (Wildman–Crippen LogP) is 1.33. The van der Waals surface area contributed by atoms with Gasteiger partial charge in [0.2, 0.25) is 5.91 Å². The van der Waals surface area contributed by atoms with Gasteiger partial charge in [-0.25, -0.2) is 4.79 Å². The first-order valence-corrected chi connectivity index (χ1v) is 5.59. The van der Waals surface area contributed by atoms with E-state index in [1.807, 2.05) is 25.1 Å². The number of urea groups is 1. The quantitative estimate of drug-likeness (QED) is 0.720. The van der Waals surface area contributed by atoms with Gasteiger partial charge in [-0.2, -0.15) is 0 Å². The lowest BCUT2D eigenvalue weighted by Crippen LogP contribution is -2.39. The minimum atomic E-state index is -0.386. The number of hydrogen-bond donors (Lipinski definition) is 3. The van der Waals surface area contributed by atoms with Crippen molar-refractivity contribution in [2.75, 3.05) is 18.4 Å². The fourth-order valence-corrected chi connectivity index (χ4v) is 1.18. The highest BCUT2D eigenvalue weighted by atomic mass is 16.2. The summed E-state index contributed by atoms with van der Waals surface area (Å²) in [6, 6.07) is 8.67. The molecule has 92 valence electrons. The molecule has 0 aromatic heterocycles. The third-order valence-corrected chi connectivity index (χ3v) is 2.01. The minimum absolute atomic E-state index is 0.0152. The highest BCUT2D eigenvalue weighted by molar-refractivity contribution is 5.92. The third-order valence-electron chi connectivity index (χ3n) is 2.01. The summed E-state index contributed by atoms with van der Waals surface area (Å²) in [6.07, 6.45) is 0.877. The van der Waals surface area contributed by atoms with Gasteiger partial charge in [-0.1, -0.05) is 25.1 Å². The average molecular weight is 235 g/mol. The summed E-state index contributed by atoms with van der Waals surface area (Å²) in [7, 11) is 0. The number of nitrogens with one attached hydrogen (secondary N) is 3. The van der Waals surface area contributed by atoms with Crippen LogP contribution >= 0.6 is 0 Å². The highest BCUT2D eigenvalue weighted by Gasteiger charge is 2.04. The maximum absolute atomic E-state index is 11.4. The van der Waals surface area contributed by atoms with Crippen LogP contribution in [-0.4, -0.2) is 25.0 Å². The average Bonchev–Trinajstić information content (AvgIpc) is 2.35. The van der Waals surface area contributed by atoms with Gasteiger partial charge in [0.1, 0.15) is 0 Å². The Balaban J connectivity index is 2.24. The monoisotopic (exact) mass is 235 g/mol. The molecule has 0 atom stereocenters. The molecular formula is C12H17N3O2. The van der Waals surface area contributed by atoms with Crippen LogP contribution in [-0.2, 0) is 4.79 Å². The number of anilines is 1. The number of para-hydroxylation sites is 1. The third kappa shape index (κ3) is 5.55. The van der Waals surface area contributed by atoms with E-state index < -0.39 is 0 Å². The van der Waals surface area contributed by atoms with Crippen LogP contribution in [0.15, 0.2) is 30.3 Å². The zero-order chi connectivity index (χ0) is 12.5. The molecule has 0 unspecified atom stereocenters. The molecule has 1 aromatic carbocycles. The molecule has 3 amide bonds. The molecule has 0 radical (unpaired) electrons. The summed E-state index contributed by atoms with van der Waals surface area (Å²) in [5.41, 5.74) is 0.693. The minimum Gasteiger partial charge on any atom is -0.355 e. The second-order valence-electron chi connectivity index (χ2n) is 3.52. The SMILES string of the molecule is CCCNC(=O)CNC(=O)Nc1ccccc1. The molecular weight excluding hydrogens is 218 g/mol. The number of carbonyl (C=O) groups excluding carboxylic acids is 2. The maximum Gasteiger partial charge on any atom is 0.319 e. The summed E-state index contributed by atoms with van der Waals surface area (Å²) in [5, 5.41) is 7.77. The van der Waals surface area contributed by atoms with Crippen molar-refractivity contribution in [3.8, 4) is 0 Å². The van der Waals surface area contributed by atoms with Crippen molar-refractivity contribution in [3.05, 3.63) is 30.3 Å². The van der Waals surface area contributed by atoms with Crippen LogP contribution in [0.1, 0.15) is 13.3 Å². The van der Waals surface area contributed by atoms with Gasteiger partial charge >= 0.3 is 6.03 Å². The van der Waals surface area contributed by atoms with Crippen LogP contribution in [0.4, 0.5) is 10.5 Å². The Labute approximate surface area is 101 Å². The van der Waals surface area contributed by atoms with Crippen LogP contribution in [0, 0.1) is 0 Å². The first-order valence-electron chi connectivity index (χ1n) is 5.59. The molecule has 0 spiro atoms. The molecule has 0 heterocycles. The van der Waals surface area contributed by atoms with Crippen molar-refractivity contribution < 1.29 is 9.59 Å². The van der Waals surface area contributed by atoms with E-state index in [1.54, 1.807) is 12.1 Å². The van der Waals surface area contributed by atoms with Gasteiger partial charge in [-0.15, -0.1) is 0 Å². The van der Waals surface area contributed by atoms with Crippen molar-refractivity contribution in [1.29, 1.82) is 0 Å². The van der Waals surface area contributed by atoms with E-state index in [0.29, 0.717) is 12.2 Å².